The highest BCUT2D eigenvalue weighted by molar-refractivity contribution is 7.85. The Morgan fingerprint density at radius 1 is 1.16 bits per heavy atom. The maximum Gasteiger partial charge on any atom is 0.426 e. The molecular formula is C18H24B3F3O7S. The Hall–Kier alpha value is -1.95. The van der Waals surface area contributed by atoms with Gasteiger partial charge < -0.3 is 9.47 Å². The van der Waals surface area contributed by atoms with Gasteiger partial charge in [-0.15, -0.1) is 0 Å². The SMILES string of the molecule is BCc1c(B)cc(B)cc1C(=O)OC1CCC(C(=O)OC(CS(=O)(=O)O)C(F)(F)F)CC1. The van der Waals surface area contributed by atoms with Gasteiger partial charge in [0.15, 0.2) is 0 Å². The van der Waals surface area contributed by atoms with E-state index in [2.05, 4.69) is 4.74 Å². The van der Waals surface area contributed by atoms with Crippen molar-refractivity contribution in [2.24, 2.45) is 5.92 Å². The molecule has 0 heterocycles. The molecule has 14 heteroatoms. The average Bonchev–Trinajstić information content (AvgIpc) is 2.65. The van der Waals surface area contributed by atoms with Crippen molar-refractivity contribution in [3.63, 3.8) is 0 Å². The maximum atomic E-state index is 13.0. The molecule has 174 valence electrons. The predicted molar refractivity (Wildman–Crippen MR) is 119 cm³/mol. The number of benzene rings is 1. The van der Waals surface area contributed by atoms with Gasteiger partial charge in [0.05, 0.1) is 11.5 Å². The lowest BCUT2D eigenvalue weighted by molar-refractivity contribution is -0.218. The Bertz CT molecular complexity index is 961. The molecule has 0 saturated heterocycles. The van der Waals surface area contributed by atoms with Crippen LogP contribution in [0.25, 0.3) is 0 Å². The average molecular weight is 474 g/mol. The third-order valence-electron chi connectivity index (χ3n) is 5.46. The van der Waals surface area contributed by atoms with Crippen molar-refractivity contribution < 1.29 is 45.2 Å². The molecule has 1 unspecified atom stereocenters. The molecule has 0 aliphatic heterocycles. The number of alkyl halides is 3. The second kappa shape index (κ2) is 10.3. The van der Waals surface area contributed by atoms with E-state index in [1.54, 1.807) is 6.07 Å². The van der Waals surface area contributed by atoms with Crippen LogP contribution in [0, 0.1) is 5.92 Å². The van der Waals surface area contributed by atoms with Crippen molar-refractivity contribution in [3.8, 4) is 0 Å². The molecule has 1 aliphatic carbocycles. The van der Waals surface area contributed by atoms with E-state index in [0.29, 0.717) is 11.9 Å². The fourth-order valence-corrected chi connectivity index (χ4v) is 4.54. The van der Waals surface area contributed by atoms with E-state index in [9.17, 15) is 31.2 Å². The summed E-state index contributed by atoms with van der Waals surface area (Å²) in [4.78, 5) is 24.8. The molecular weight excluding hydrogens is 450 g/mol. The van der Waals surface area contributed by atoms with Gasteiger partial charge in [0.2, 0.25) is 6.10 Å². The Kier molecular flexibility index (Phi) is 8.49. The quantitative estimate of drug-likeness (QED) is 0.289. The van der Waals surface area contributed by atoms with E-state index >= 15 is 0 Å². The highest BCUT2D eigenvalue weighted by atomic mass is 32.2. The molecule has 0 amide bonds. The van der Waals surface area contributed by atoms with Gasteiger partial charge >= 0.3 is 18.1 Å². The molecule has 0 bridgehead atoms. The minimum Gasteiger partial charge on any atom is -0.459 e. The van der Waals surface area contributed by atoms with Crippen LogP contribution < -0.4 is 10.9 Å². The summed E-state index contributed by atoms with van der Waals surface area (Å²) in [5.74, 6) is -4.32. The first-order valence-corrected chi connectivity index (χ1v) is 11.9. The zero-order valence-corrected chi connectivity index (χ0v) is 18.9. The molecule has 0 aromatic heterocycles. The van der Waals surface area contributed by atoms with Crippen LogP contribution in [-0.2, 0) is 30.7 Å². The Morgan fingerprint density at radius 2 is 1.75 bits per heavy atom. The number of rotatable bonds is 7. The molecule has 7 nitrogen and oxygen atoms in total. The van der Waals surface area contributed by atoms with Crippen molar-refractivity contribution in [2.45, 2.75) is 50.4 Å². The van der Waals surface area contributed by atoms with Gasteiger partial charge in [0.1, 0.15) is 35.4 Å². The lowest BCUT2D eigenvalue weighted by atomic mass is 9.77. The van der Waals surface area contributed by atoms with Crippen molar-refractivity contribution >= 4 is 56.5 Å². The minimum absolute atomic E-state index is 0.126. The summed E-state index contributed by atoms with van der Waals surface area (Å²) >= 11 is 0. The first-order chi connectivity index (χ1) is 14.7. The topological polar surface area (TPSA) is 107 Å². The van der Waals surface area contributed by atoms with Gasteiger partial charge in [-0.25, -0.2) is 4.79 Å². The van der Waals surface area contributed by atoms with E-state index in [1.165, 1.54) is 0 Å². The van der Waals surface area contributed by atoms with E-state index in [-0.39, 0.29) is 25.7 Å². The number of ether oxygens (including phenoxy) is 2. The molecule has 0 radical (unpaired) electrons. The highest BCUT2D eigenvalue weighted by Crippen LogP contribution is 2.31. The zero-order chi connectivity index (χ0) is 24.3. The Morgan fingerprint density at radius 3 is 2.25 bits per heavy atom. The highest BCUT2D eigenvalue weighted by Gasteiger charge is 2.46. The van der Waals surface area contributed by atoms with Crippen molar-refractivity contribution in [1.82, 2.24) is 0 Å². The molecule has 1 fully saturated rings. The number of halogens is 3. The van der Waals surface area contributed by atoms with Crippen LogP contribution in [0.1, 0.15) is 41.6 Å². The first kappa shape index (κ1) is 26.3. The molecule has 1 saturated carbocycles. The largest absolute Gasteiger partial charge is 0.459 e. The Labute approximate surface area is 187 Å². The second-order valence-corrected chi connectivity index (χ2v) is 9.55. The molecule has 1 aromatic carbocycles. The van der Waals surface area contributed by atoms with Crippen LogP contribution in [0.3, 0.4) is 0 Å². The van der Waals surface area contributed by atoms with Gasteiger partial charge in [-0.05, 0) is 31.2 Å². The van der Waals surface area contributed by atoms with Crippen molar-refractivity contribution in [1.29, 1.82) is 0 Å². The molecule has 1 aromatic rings. The summed E-state index contributed by atoms with van der Waals surface area (Å²) in [5.41, 5.74) is 3.26. The normalized spacial score (nSPS) is 20.4. The monoisotopic (exact) mass is 474 g/mol. The molecule has 1 atom stereocenters. The summed E-state index contributed by atoms with van der Waals surface area (Å²) in [5, 5.41) is 0. The van der Waals surface area contributed by atoms with Crippen LogP contribution in [0.15, 0.2) is 12.1 Å². The zero-order valence-electron chi connectivity index (χ0n) is 18.1. The van der Waals surface area contributed by atoms with Gasteiger partial charge in [-0.3, -0.25) is 9.35 Å². The Balaban J connectivity index is 1.97. The van der Waals surface area contributed by atoms with Crippen molar-refractivity contribution in [3.05, 3.63) is 23.3 Å². The van der Waals surface area contributed by atoms with E-state index in [0.717, 1.165) is 16.5 Å². The summed E-state index contributed by atoms with van der Waals surface area (Å²) in [6, 6.07) is 3.73. The lowest BCUT2D eigenvalue weighted by Gasteiger charge is -2.29. The second-order valence-electron chi connectivity index (χ2n) is 8.06. The van der Waals surface area contributed by atoms with Crippen LogP contribution >= 0.6 is 0 Å². The third-order valence-corrected chi connectivity index (χ3v) is 6.18. The number of carbonyl (C=O) groups is 2. The number of hydrogen-bond acceptors (Lipinski definition) is 6. The van der Waals surface area contributed by atoms with Gasteiger partial charge in [-0.1, -0.05) is 29.4 Å². The lowest BCUT2D eigenvalue weighted by Crippen LogP contribution is -2.41. The van der Waals surface area contributed by atoms with Gasteiger partial charge in [0, 0.05) is 0 Å². The van der Waals surface area contributed by atoms with Crippen LogP contribution in [0.4, 0.5) is 13.2 Å². The molecule has 1 N–H and O–H groups in total. The number of hydrogen-bond donors (Lipinski definition) is 1. The van der Waals surface area contributed by atoms with Crippen LogP contribution in [-0.4, -0.2) is 72.6 Å². The standard InChI is InChI=1S/C18H24B3F3O7S/c19-7-13-12(5-10(20)6-14(13)21)17(26)30-11-3-1-9(2-4-11)16(25)31-15(18(22,23)24)8-32(27,28)29/h5-6,9,11,15H,1-4,7-8,19-21H2,(H,27,28,29). The number of carbonyl (C=O) groups excluding carboxylic acids is 2. The van der Waals surface area contributed by atoms with Crippen LogP contribution in [0.5, 0.6) is 0 Å². The molecule has 32 heavy (non-hydrogen) atoms. The third kappa shape index (κ3) is 7.30. The van der Waals surface area contributed by atoms with E-state index in [1.807, 2.05) is 29.6 Å². The fraction of sp³-hybridized carbons (Fsp3) is 0.556. The predicted octanol–water partition coefficient (Wildman–Crippen LogP) is -1.59. The smallest absolute Gasteiger partial charge is 0.426 e. The molecule has 1 aliphatic rings. The van der Waals surface area contributed by atoms with Gasteiger partial charge in [0.25, 0.3) is 10.1 Å². The van der Waals surface area contributed by atoms with E-state index in [4.69, 9.17) is 9.29 Å². The summed E-state index contributed by atoms with van der Waals surface area (Å²) in [7, 11) is 0.718. The summed E-state index contributed by atoms with van der Waals surface area (Å²) in [6.07, 6.45) is -7.16. The molecule has 0 spiro atoms. The fourth-order valence-electron chi connectivity index (χ4n) is 3.90. The summed E-state index contributed by atoms with van der Waals surface area (Å²) < 4.78 is 79.1. The van der Waals surface area contributed by atoms with Gasteiger partial charge in [-0.2, -0.15) is 21.6 Å². The number of esters is 2. The summed E-state index contributed by atoms with van der Waals surface area (Å²) in [6.45, 7) is 0. The molecule has 2 rings (SSSR count). The first-order valence-electron chi connectivity index (χ1n) is 10.2. The minimum atomic E-state index is -5.14. The van der Waals surface area contributed by atoms with E-state index < -0.39 is 52.1 Å². The van der Waals surface area contributed by atoms with Crippen LogP contribution in [0.2, 0.25) is 0 Å². The maximum absolute atomic E-state index is 13.0. The van der Waals surface area contributed by atoms with Crippen molar-refractivity contribution in [2.75, 3.05) is 5.75 Å².